The Hall–Kier alpha value is -0.480. The molecule has 1 aliphatic rings. The number of halogens is 1. The summed E-state index contributed by atoms with van der Waals surface area (Å²) >= 11 is 5.27. The van der Waals surface area contributed by atoms with Gasteiger partial charge in [-0.3, -0.25) is 4.79 Å². The monoisotopic (exact) mass is 355 g/mol. The first-order chi connectivity index (χ1) is 9.71. The van der Waals surface area contributed by atoms with E-state index in [2.05, 4.69) is 21.2 Å². The van der Waals surface area contributed by atoms with Gasteiger partial charge in [0.2, 0.25) is 0 Å². The third-order valence-electron chi connectivity index (χ3n) is 4.17. The first kappa shape index (κ1) is 15.9. The number of carbonyl (C=O) groups excluding carboxylic acids is 1. The first-order valence-corrected chi connectivity index (χ1v) is 9.53. The lowest BCUT2D eigenvalue weighted by Gasteiger charge is -2.35. The normalized spacial score (nSPS) is 17.7. The number of benzene rings is 1. The van der Waals surface area contributed by atoms with Gasteiger partial charge in [0.05, 0.1) is 5.56 Å². The number of hydrogen-bond donors (Lipinski definition) is 1. The van der Waals surface area contributed by atoms with E-state index in [0.717, 1.165) is 22.3 Å². The number of alkyl halides is 1. The number of carbonyl (C=O) groups is 1. The van der Waals surface area contributed by atoms with Crippen molar-refractivity contribution in [2.24, 2.45) is 5.41 Å². The first-order valence-electron chi connectivity index (χ1n) is 7.18. The van der Waals surface area contributed by atoms with Gasteiger partial charge in [-0.1, -0.05) is 47.3 Å². The highest BCUT2D eigenvalue weighted by Gasteiger charge is 2.31. The van der Waals surface area contributed by atoms with E-state index in [9.17, 15) is 4.79 Å². The molecule has 4 heteroatoms. The van der Waals surface area contributed by atoms with Gasteiger partial charge in [0.1, 0.15) is 0 Å². The van der Waals surface area contributed by atoms with Crippen LogP contribution in [-0.2, 0) is 0 Å². The summed E-state index contributed by atoms with van der Waals surface area (Å²) in [6, 6.07) is 7.81. The van der Waals surface area contributed by atoms with Gasteiger partial charge in [-0.2, -0.15) is 0 Å². The summed E-state index contributed by atoms with van der Waals surface area (Å²) in [5.74, 6) is 0.0563. The van der Waals surface area contributed by atoms with Crippen molar-refractivity contribution >= 4 is 33.6 Å². The largest absolute Gasteiger partial charge is 0.351 e. The quantitative estimate of drug-likeness (QED) is 0.622. The van der Waals surface area contributed by atoms with Crippen molar-refractivity contribution in [1.82, 2.24) is 5.32 Å². The molecule has 0 unspecified atom stereocenters. The second-order valence-corrected chi connectivity index (χ2v) is 6.99. The molecular weight excluding hydrogens is 334 g/mol. The van der Waals surface area contributed by atoms with Crippen molar-refractivity contribution in [3.05, 3.63) is 29.8 Å². The molecule has 1 fully saturated rings. The molecule has 0 heterocycles. The lowest BCUT2D eigenvalue weighted by molar-refractivity contribution is 0.0919. The van der Waals surface area contributed by atoms with Gasteiger partial charge in [0.15, 0.2) is 0 Å². The van der Waals surface area contributed by atoms with Crippen molar-refractivity contribution in [2.75, 3.05) is 18.1 Å². The smallest absolute Gasteiger partial charge is 0.252 e. The van der Waals surface area contributed by atoms with E-state index < -0.39 is 0 Å². The molecule has 0 aliphatic heterocycles. The van der Waals surface area contributed by atoms with E-state index in [1.165, 1.54) is 32.1 Å². The maximum absolute atomic E-state index is 12.4. The van der Waals surface area contributed by atoms with Gasteiger partial charge in [-0.25, -0.2) is 0 Å². The molecule has 0 radical (unpaired) electrons. The molecule has 1 amide bonds. The van der Waals surface area contributed by atoms with Crippen LogP contribution >= 0.6 is 27.7 Å². The summed E-state index contributed by atoms with van der Waals surface area (Å²) in [5.41, 5.74) is 1.04. The standard InChI is InChI=1S/C16H22BrNOS/c1-20-14-8-4-3-7-13(14)15(19)18-12-16(11-17)9-5-2-6-10-16/h3-4,7-8H,2,5-6,9-12H2,1H3,(H,18,19). The highest BCUT2D eigenvalue weighted by molar-refractivity contribution is 9.09. The van der Waals surface area contributed by atoms with E-state index in [1.807, 2.05) is 30.5 Å². The summed E-state index contributed by atoms with van der Waals surface area (Å²) in [6.07, 6.45) is 8.32. The van der Waals surface area contributed by atoms with Crippen LogP contribution in [0, 0.1) is 5.41 Å². The minimum Gasteiger partial charge on any atom is -0.351 e. The molecular formula is C16H22BrNOS. The summed E-state index contributed by atoms with van der Waals surface area (Å²) < 4.78 is 0. The van der Waals surface area contributed by atoms with Crippen LogP contribution in [0.25, 0.3) is 0 Å². The second-order valence-electron chi connectivity index (χ2n) is 5.58. The van der Waals surface area contributed by atoms with Gasteiger partial charge >= 0.3 is 0 Å². The van der Waals surface area contributed by atoms with E-state index in [-0.39, 0.29) is 11.3 Å². The lowest BCUT2D eigenvalue weighted by Crippen LogP contribution is -2.40. The fraction of sp³-hybridized carbons (Fsp3) is 0.562. The predicted molar refractivity (Wildman–Crippen MR) is 89.9 cm³/mol. The predicted octanol–water partition coefficient (Wildman–Crippen LogP) is 4.48. The lowest BCUT2D eigenvalue weighted by atomic mass is 9.75. The van der Waals surface area contributed by atoms with Crippen LogP contribution in [0.15, 0.2) is 29.2 Å². The number of hydrogen-bond acceptors (Lipinski definition) is 2. The summed E-state index contributed by atoms with van der Waals surface area (Å²) in [7, 11) is 0. The summed E-state index contributed by atoms with van der Waals surface area (Å²) in [5, 5.41) is 4.13. The zero-order chi connectivity index (χ0) is 14.4. The van der Waals surface area contributed by atoms with Gasteiger partial charge in [0, 0.05) is 16.8 Å². The highest BCUT2D eigenvalue weighted by Crippen LogP contribution is 2.37. The molecule has 2 nitrogen and oxygen atoms in total. The molecule has 110 valence electrons. The van der Waals surface area contributed by atoms with E-state index >= 15 is 0 Å². The maximum atomic E-state index is 12.4. The zero-order valence-corrected chi connectivity index (χ0v) is 14.4. The molecule has 1 aromatic rings. The molecule has 0 bridgehead atoms. The average Bonchev–Trinajstić information content (AvgIpc) is 2.53. The average molecular weight is 356 g/mol. The number of thioether (sulfide) groups is 1. The number of amides is 1. The van der Waals surface area contributed by atoms with Crippen LogP contribution in [0.5, 0.6) is 0 Å². The molecule has 20 heavy (non-hydrogen) atoms. The molecule has 1 saturated carbocycles. The Morgan fingerprint density at radius 1 is 1.30 bits per heavy atom. The van der Waals surface area contributed by atoms with Crippen LogP contribution in [0.4, 0.5) is 0 Å². The summed E-state index contributed by atoms with van der Waals surface area (Å²) in [6.45, 7) is 0.778. The third kappa shape index (κ3) is 3.79. The van der Waals surface area contributed by atoms with Gasteiger partial charge < -0.3 is 5.32 Å². The fourth-order valence-corrected chi connectivity index (χ4v) is 4.21. The molecule has 2 rings (SSSR count). The van der Waals surface area contributed by atoms with Crippen molar-refractivity contribution in [3.63, 3.8) is 0 Å². The number of rotatable bonds is 5. The zero-order valence-electron chi connectivity index (χ0n) is 12.0. The Kier molecular flexibility index (Phi) is 5.97. The molecule has 0 atom stereocenters. The van der Waals surface area contributed by atoms with Crippen LogP contribution in [0.2, 0.25) is 0 Å². The van der Waals surface area contributed by atoms with Crippen LogP contribution < -0.4 is 5.32 Å². The molecule has 0 spiro atoms. The maximum Gasteiger partial charge on any atom is 0.252 e. The minimum atomic E-state index is 0.0563. The van der Waals surface area contributed by atoms with Crippen LogP contribution in [0.1, 0.15) is 42.5 Å². The third-order valence-corrected chi connectivity index (χ3v) is 6.16. The van der Waals surface area contributed by atoms with E-state index in [0.29, 0.717) is 0 Å². The fourth-order valence-electron chi connectivity index (χ4n) is 2.85. The molecule has 1 N–H and O–H groups in total. The van der Waals surface area contributed by atoms with Gasteiger partial charge in [-0.15, -0.1) is 11.8 Å². The highest BCUT2D eigenvalue weighted by atomic mass is 79.9. The Morgan fingerprint density at radius 2 is 2.00 bits per heavy atom. The molecule has 0 saturated heterocycles. The topological polar surface area (TPSA) is 29.1 Å². The number of nitrogens with one attached hydrogen (secondary N) is 1. The summed E-state index contributed by atoms with van der Waals surface area (Å²) in [4.78, 5) is 13.4. The SMILES string of the molecule is CSc1ccccc1C(=O)NCC1(CBr)CCCCC1. The molecule has 1 aromatic carbocycles. The molecule has 0 aromatic heterocycles. The second kappa shape index (κ2) is 7.51. The van der Waals surface area contributed by atoms with Gasteiger partial charge in [0.25, 0.3) is 5.91 Å². The van der Waals surface area contributed by atoms with Crippen LogP contribution in [0.3, 0.4) is 0 Å². The van der Waals surface area contributed by atoms with Crippen molar-refractivity contribution in [2.45, 2.75) is 37.0 Å². The Balaban J connectivity index is 2.00. The minimum absolute atomic E-state index is 0.0563. The van der Waals surface area contributed by atoms with E-state index in [1.54, 1.807) is 11.8 Å². The Labute approximate surface area is 134 Å². The van der Waals surface area contributed by atoms with Gasteiger partial charge in [-0.05, 0) is 36.6 Å². The molecule has 1 aliphatic carbocycles. The van der Waals surface area contributed by atoms with Crippen molar-refractivity contribution in [3.8, 4) is 0 Å². The van der Waals surface area contributed by atoms with Crippen molar-refractivity contribution in [1.29, 1.82) is 0 Å². The van der Waals surface area contributed by atoms with Crippen LogP contribution in [-0.4, -0.2) is 24.0 Å². The van der Waals surface area contributed by atoms with E-state index in [4.69, 9.17) is 0 Å². The Morgan fingerprint density at radius 3 is 2.65 bits per heavy atom. The van der Waals surface area contributed by atoms with Crippen molar-refractivity contribution < 1.29 is 4.79 Å². The Bertz CT molecular complexity index is 458.